The van der Waals surface area contributed by atoms with Crippen LogP contribution in [0.5, 0.6) is 0 Å². The Hall–Kier alpha value is -1.26. The van der Waals surface area contributed by atoms with Crippen LogP contribution in [-0.2, 0) is 6.54 Å². The van der Waals surface area contributed by atoms with Crippen LogP contribution in [0.15, 0.2) is 42.5 Å². The van der Waals surface area contributed by atoms with E-state index < -0.39 is 0 Å². The minimum Gasteiger partial charge on any atom is -0.341 e. The number of hydrogen-bond acceptors (Lipinski definition) is 2. The van der Waals surface area contributed by atoms with Crippen molar-refractivity contribution in [1.82, 2.24) is 14.8 Å². The van der Waals surface area contributed by atoms with Gasteiger partial charge in [-0.05, 0) is 49.4 Å². The third-order valence-corrected chi connectivity index (χ3v) is 6.85. The zero-order valence-electron chi connectivity index (χ0n) is 17.3. The molecule has 3 aromatic rings. The number of aromatic nitrogens is 1. The minimum atomic E-state index is 0. The molecule has 1 saturated heterocycles. The lowest BCUT2D eigenvalue weighted by Crippen LogP contribution is -2.46. The standard InChI is InChI=1S/C24H31N3.2ClH/c1-2-27-22-10-6-5-9-20(22)21-17-19(11-12-23(21)27)24(18-7-3-4-8-18)26-15-13-25-14-16-26;;/h5-6,9-12,17-18,24-25H,2-4,7-8,13-16H2,1H3;2*1H/t24-;;/m1../s1. The Bertz CT molecular complexity index is 940. The second-order valence-corrected chi connectivity index (χ2v) is 8.31. The predicted octanol–water partition coefficient (Wildman–Crippen LogP) is 5.79. The number of piperazine rings is 1. The molecule has 0 amide bonds. The van der Waals surface area contributed by atoms with Gasteiger partial charge in [0.25, 0.3) is 0 Å². The summed E-state index contributed by atoms with van der Waals surface area (Å²) in [6.07, 6.45) is 5.60. The van der Waals surface area contributed by atoms with Gasteiger partial charge in [-0.2, -0.15) is 0 Å². The summed E-state index contributed by atoms with van der Waals surface area (Å²) >= 11 is 0. The maximum Gasteiger partial charge on any atom is 0.0491 e. The molecule has 1 N–H and O–H groups in total. The molecule has 1 aromatic heterocycles. The van der Waals surface area contributed by atoms with Gasteiger partial charge < -0.3 is 9.88 Å². The van der Waals surface area contributed by atoms with Crippen molar-refractivity contribution in [1.29, 1.82) is 0 Å². The van der Waals surface area contributed by atoms with Crippen LogP contribution >= 0.6 is 24.8 Å². The van der Waals surface area contributed by atoms with Gasteiger partial charge in [0.05, 0.1) is 0 Å². The summed E-state index contributed by atoms with van der Waals surface area (Å²) in [4.78, 5) is 2.76. The number of nitrogens with zero attached hydrogens (tertiary/aromatic N) is 2. The molecule has 0 unspecified atom stereocenters. The molecule has 1 atom stereocenters. The molecule has 0 radical (unpaired) electrons. The quantitative estimate of drug-likeness (QED) is 0.561. The highest BCUT2D eigenvalue weighted by Crippen LogP contribution is 2.41. The Morgan fingerprint density at radius 2 is 1.62 bits per heavy atom. The summed E-state index contributed by atoms with van der Waals surface area (Å²) in [5.41, 5.74) is 4.29. The van der Waals surface area contributed by atoms with Gasteiger partial charge in [0.15, 0.2) is 0 Å². The number of nitrogens with one attached hydrogen (secondary N) is 1. The van der Waals surface area contributed by atoms with Crippen molar-refractivity contribution < 1.29 is 0 Å². The fraction of sp³-hybridized carbons (Fsp3) is 0.500. The van der Waals surface area contributed by atoms with Gasteiger partial charge in [0, 0.05) is 60.6 Å². The van der Waals surface area contributed by atoms with Crippen LogP contribution in [0.1, 0.15) is 44.2 Å². The number of para-hydroxylation sites is 1. The normalized spacial score (nSPS) is 19.2. The molecule has 1 aliphatic carbocycles. The zero-order valence-corrected chi connectivity index (χ0v) is 18.9. The van der Waals surface area contributed by atoms with Crippen molar-refractivity contribution >= 4 is 46.6 Å². The number of hydrogen-bond donors (Lipinski definition) is 1. The van der Waals surface area contributed by atoms with E-state index in [0.717, 1.165) is 25.6 Å². The van der Waals surface area contributed by atoms with Crippen LogP contribution in [0.4, 0.5) is 0 Å². The molecule has 29 heavy (non-hydrogen) atoms. The molecule has 2 aliphatic rings. The molecule has 5 rings (SSSR count). The van der Waals surface area contributed by atoms with E-state index in [0.29, 0.717) is 6.04 Å². The summed E-state index contributed by atoms with van der Waals surface area (Å²) in [6.45, 7) is 7.88. The largest absolute Gasteiger partial charge is 0.341 e. The first-order valence-corrected chi connectivity index (χ1v) is 10.8. The number of fused-ring (bicyclic) bond motifs is 3. The lowest BCUT2D eigenvalue weighted by molar-refractivity contribution is 0.125. The monoisotopic (exact) mass is 433 g/mol. The Balaban J connectivity index is 0.00000120. The molecule has 3 nitrogen and oxygen atoms in total. The molecular formula is C24H33Cl2N3. The molecule has 2 heterocycles. The van der Waals surface area contributed by atoms with Crippen molar-refractivity contribution in [3.05, 3.63) is 48.0 Å². The minimum absolute atomic E-state index is 0. The van der Waals surface area contributed by atoms with E-state index in [2.05, 4.69) is 64.2 Å². The van der Waals surface area contributed by atoms with Gasteiger partial charge in [-0.15, -0.1) is 24.8 Å². The van der Waals surface area contributed by atoms with Crippen LogP contribution in [-0.4, -0.2) is 35.6 Å². The van der Waals surface area contributed by atoms with E-state index in [1.54, 1.807) is 0 Å². The molecular weight excluding hydrogens is 401 g/mol. The lowest BCUT2D eigenvalue weighted by atomic mass is 9.89. The summed E-state index contributed by atoms with van der Waals surface area (Å²) in [5.74, 6) is 0.820. The average Bonchev–Trinajstić information content (AvgIpc) is 3.35. The smallest absolute Gasteiger partial charge is 0.0491 e. The molecule has 0 spiro atoms. The van der Waals surface area contributed by atoms with E-state index in [-0.39, 0.29) is 24.8 Å². The van der Waals surface area contributed by atoms with E-state index in [1.165, 1.54) is 66.1 Å². The van der Waals surface area contributed by atoms with Gasteiger partial charge in [-0.1, -0.05) is 37.1 Å². The van der Waals surface area contributed by atoms with Crippen LogP contribution in [0.25, 0.3) is 21.8 Å². The third kappa shape index (κ3) is 4.03. The first kappa shape index (κ1) is 22.4. The predicted molar refractivity (Wildman–Crippen MR) is 129 cm³/mol. The second kappa shape index (κ2) is 9.70. The molecule has 2 aromatic carbocycles. The fourth-order valence-corrected chi connectivity index (χ4v) is 5.61. The van der Waals surface area contributed by atoms with Crippen LogP contribution < -0.4 is 5.32 Å². The number of rotatable bonds is 4. The van der Waals surface area contributed by atoms with Gasteiger partial charge in [-0.25, -0.2) is 0 Å². The summed E-state index contributed by atoms with van der Waals surface area (Å²) < 4.78 is 2.46. The average molecular weight is 434 g/mol. The zero-order chi connectivity index (χ0) is 18.2. The van der Waals surface area contributed by atoms with Crippen molar-refractivity contribution in [2.45, 2.75) is 45.2 Å². The highest BCUT2D eigenvalue weighted by atomic mass is 35.5. The Morgan fingerprint density at radius 3 is 2.34 bits per heavy atom. The number of halogens is 2. The highest BCUT2D eigenvalue weighted by Gasteiger charge is 2.32. The summed E-state index contributed by atoms with van der Waals surface area (Å²) in [5, 5.41) is 6.37. The fourth-order valence-electron chi connectivity index (χ4n) is 5.61. The van der Waals surface area contributed by atoms with Gasteiger partial charge >= 0.3 is 0 Å². The van der Waals surface area contributed by atoms with E-state index >= 15 is 0 Å². The van der Waals surface area contributed by atoms with E-state index in [4.69, 9.17) is 0 Å². The summed E-state index contributed by atoms with van der Waals surface area (Å²) in [7, 11) is 0. The van der Waals surface area contributed by atoms with Crippen LogP contribution in [0.2, 0.25) is 0 Å². The topological polar surface area (TPSA) is 20.2 Å². The third-order valence-electron chi connectivity index (χ3n) is 6.85. The second-order valence-electron chi connectivity index (χ2n) is 8.31. The SMILES string of the molecule is CCn1c2ccccc2c2cc([C@@H](C3CCCC3)N3CCNCC3)ccc21.Cl.Cl. The van der Waals surface area contributed by atoms with Crippen molar-refractivity contribution in [3.63, 3.8) is 0 Å². The lowest BCUT2D eigenvalue weighted by Gasteiger charge is -2.38. The molecule has 158 valence electrons. The van der Waals surface area contributed by atoms with E-state index in [9.17, 15) is 0 Å². The van der Waals surface area contributed by atoms with Gasteiger partial charge in [0.1, 0.15) is 0 Å². The highest BCUT2D eigenvalue weighted by molar-refractivity contribution is 6.08. The molecule has 5 heteroatoms. The molecule has 0 bridgehead atoms. The Kier molecular flexibility index (Phi) is 7.50. The summed E-state index contributed by atoms with van der Waals surface area (Å²) in [6, 6.07) is 16.8. The van der Waals surface area contributed by atoms with E-state index in [1.807, 2.05) is 0 Å². The van der Waals surface area contributed by atoms with Crippen molar-refractivity contribution in [2.75, 3.05) is 26.2 Å². The maximum absolute atomic E-state index is 3.53. The number of benzene rings is 2. The Labute approximate surface area is 186 Å². The van der Waals surface area contributed by atoms with Crippen molar-refractivity contribution in [2.24, 2.45) is 5.92 Å². The first-order valence-electron chi connectivity index (χ1n) is 10.8. The number of aryl methyl sites for hydroxylation is 1. The van der Waals surface area contributed by atoms with Gasteiger partial charge in [-0.3, -0.25) is 4.90 Å². The molecule has 1 saturated carbocycles. The Morgan fingerprint density at radius 1 is 0.931 bits per heavy atom. The molecule has 2 fully saturated rings. The van der Waals surface area contributed by atoms with Crippen LogP contribution in [0.3, 0.4) is 0 Å². The first-order chi connectivity index (χ1) is 13.4. The maximum atomic E-state index is 3.53. The van der Waals surface area contributed by atoms with Gasteiger partial charge in [0.2, 0.25) is 0 Å². The van der Waals surface area contributed by atoms with Crippen LogP contribution in [0, 0.1) is 5.92 Å². The molecule has 1 aliphatic heterocycles. The van der Waals surface area contributed by atoms with Crippen molar-refractivity contribution in [3.8, 4) is 0 Å².